The molecule has 8 nitrogen and oxygen atoms in total. The molecule has 2 aliphatic rings. The summed E-state index contributed by atoms with van der Waals surface area (Å²) in [5.74, 6) is -0.188. The van der Waals surface area contributed by atoms with Gasteiger partial charge in [0, 0.05) is 31.0 Å². The average Bonchev–Trinajstić information content (AvgIpc) is 3.59. The Kier molecular flexibility index (Phi) is 7.42. The second kappa shape index (κ2) is 10.6. The lowest BCUT2D eigenvalue weighted by Gasteiger charge is -2.35. The number of likely N-dealkylation sites (tertiary alicyclic amines) is 1. The molecular formula is C29H36N4O4S. The van der Waals surface area contributed by atoms with Crippen LogP contribution in [0.4, 0.5) is 0 Å². The first-order chi connectivity index (χ1) is 18.1. The van der Waals surface area contributed by atoms with E-state index in [9.17, 15) is 14.7 Å². The van der Waals surface area contributed by atoms with Gasteiger partial charge in [-0.2, -0.15) is 0 Å². The molecule has 2 N–H and O–H groups in total. The largest absolute Gasteiger partial charge is 0.391 e. The summed E-state index contributed by atoms with van der Waals surface area (Å²) < 4.78 is 5.70. The average molecular weight is 537 g/mol. The van der Waals surface area contributed by atoms with Crippen molar-refractivity contribution in [1.82, 2.24) is 20.4 Å². The van der Waals surface area contributed by atoms with E-state index in [1.807, 2.05) is 42.8 Å². The smallest absolute Gasteiger partial charge is 0.243 e. The number of aliphatic hydroxyl groups is 1. The summed E-state index contributed by atoms with van der Waals surface area (Å²) in [5, 5.41) is 17.7. The number of thiazole rings is 1. The van der Waals surface area contributed by atoms with Gasteiger partial charge in [-0.05, 0) is 36.8 Å². The topological polar surface area (TPSA) is 109 Å². The van der Waals surface area contributed by atoms with Gasteiger partial charge in [0.1, 0.15) is 17.7 Å². The first-order valence-corrected chi connectivity index (χ1v) is 14.2. The number of benzene rings is 1. The molecule has 3 heterocycles. The normalized spacial score (nSPS) is 20.8. The maximum Gasteiger partial charge on any atom is 0.243 e. The molecule has 202 valence electrons. The summed E-state index contributed by atoms with van der Waals surface area (Å²) in [6.07, 6.45) is 2.43. The third kappa shape index (κ3) is 5.40. The zero-order valence-corrected chi connectivity index (χ0v) is 23.3. The van der Waals surface area contributed by atoms with Crippen molar-refractivity contribution in [2.24, 2.45) is 5.92 Å². The number of hydrogen-bond acceptors (Lipinski definition) is 7. The molecule has 1 saturated carbocycles. The molecule has 3 atom stereocenters. The van der Waals surface area contributed by atoms with Crippen molar-refractivity contribution in [3.05, 3.63) is 58.6 Å². The van der Waals surface area contributed by atoms with Crippen LogP contribution in [0.1, 0.15) is 75.1 Å². The molecule has 0 bridgehead atoms. The number of rotatable bonds is 7. The lowest BCUT2D eigenvalue weighted by Crippen LogP contribution is -2.48. The number of aryl methyl sites for hydroxylation is 1. The van der Waals surface area contributed by atoms with Gasteiger partial charge >= 0.3 is 0 Å². The zero-order valence-electron chi connectivity index (χ0n) is 22.4. The van der Waals surface area contributed by atoms with E-state index in [1.54, 1.807) is 16.2 Å². The Bertz CT molecular complexity index is 1290. The minimum atomic E-state index is -0.737. The minimum absolute atomic E-state index is 0.142. The van der Waals surface area contributed by atoms with Crippen LogP contribution in [0.5, 0.6) is 0 Å². The fraction of sp³-hybridized carbons (Fsp3) is 0.517. The predicted octanol–water partition coefficient (Wildman–Crippen LogP) is 4.57. The molecule has 3 unspecified atom stereocenters. The predicted molar refractivity (Wildman–Crippen MR) is 146 cm³/mol. The second-order valence-corrected chi connectivity index (χ2v) is 12.5. The number of β-amino-alcohol motifs (C(OH)–C–C–N with tert-alkyl or cyclic N) is 1. The number of amides is 2. The zero-order chi connectivity index (χ0) is 27.0. The summed E-state index contributed by atoms with van der Waals surface area (Å²) in [7, 11) is 0. The molecule has 3 aromatic rings. The number of aliphatic hydroxyl groups excluding tert-OH is 1. The number of carbonyl (C=O) groups is 2. The van der Waals surface area contributed by atoms with Crippen molar-refractivity contribution in [2.45, 2.75) is 83.4 Å². The first-order valence-electron chi connectivity index (χ1n) is 13.3. The molecule has 38 heavy (non-hydrogen) atoms. The fourth-order valence-electron chi connectivity index (χ4n) is 5.26. The lowest BCUT2D eigenvalue weighted by molar-refractivity contribution is -0.141. The highest BCUT2D eigenvalue weighted by Crippen LogP contribution is 2.42. The molecule has 5 rings (SSSR count). The van der Waals surface area contributed by atoms with E-state index in [4.69, 9.17) is 4.52 Å². The molecular weight excluding hydrogens is 500 g/mol. The highest BCUT2D eigenvalue weighted by molar-refractivity contribution is 7.13. The Morgan fingerprint density at radius 3 is 2.55 bits per heavy atom. The SMILES string of the molecule is Cc1ncsc1-c1ccc(CNC(=O)C2CC(O)CN2C(=O)C(c2cc(C(C)(C)C)no2)C2CCC2)cc1. The Hall–Kier alpha value is -3.04. The molecule has 1 aromatic carbocycles. The molecule has 2 aromatic heterocycles. The number of carbonyl (C=O) groups excluding carboxylic acids is 2. The van der Waals surface area contributed by atoms with Gasteiger partial charge in [0.2, 0.25) is 11.8 Å². The first kappa shape index (κ1) is 26.6. The van der Waals surface area contributed by atoms with Gasteiger partial charge in [0.25, 0.3) is 0 Å². The van der Waals surface area contributed by atoms with Crippen LogP contribution in [0.15, 0.2) is 40.4 Å². The van der Waals surface area contributed by atoms with E-state index < -0.39 is 18.1 Å². The maximum atomic E-state index is 13.9. The van der Waals surface area contributed by atoms with Crippen LogP contribution in [0.25, 0.3) is 10.4 Å². The van der Waals surface area contributed by atoms with Crippen molar-refractivity contribution in [1.29, 1.82) is 0 Å². The molecule has 1 aliphatic carbocycles. The van der Waals surface area contributed by atoms with Gasteiger partial charge in [-0.25, -0.2) is 4.98 Å². The lowest BCUT2D eigenvalue weighted by atomic mass is 9.74. The fourth-order valence-corrected chi connectivity index (χ4v) is 6.07. The third-order valence-corrected chi connectivity index (χ3v) is 8.76. The minimum Gasteiger partial charge on any atom is -0.391 e. The van der Waals surface area contributed by atoms with Crippen LogP contribution in [0, 0.1) is 12.8 Å². The number of nitrogens with one attached hydrogen (secondary N) is 1. The molecule has 1 aliphatic heterocycles. The van der Waals surface area contributed by atoms with Crippen LogP contribution in [0.3, 0.4) is 0 Å². The van der Waals surface area contributed by atoms with Crippen molar-refractivity contribution in [3.63, 3.8) is 0 Å². The summed E-state index contributed by atoms with van der Waals surface area (Å²) in [4.78, 5) is 34.2. The summed E-state index contributed by atoms with van der Waals surface area (Å²) in [5.41, 5.74) is 5.50. The van der Waals surface area contributed by atoms with Gasteiger partial charge in [-0.15, -0.1) is 11.3 Å². The van der Waals surface area contributed by atoms with Gasteiger partial charge < -0.3 is 19.8 Å². The van der Waals surface area contributed by atoms with Crippen LogP contribution < -0.4 is 5.32 Å². The standard InChI is InChI=1S/C29H36N4O4S/c1-17-26(38-16-31-17)20-10-8-18(9-11-20)14-30-27(35)22-12-21(34)15-33(22)28(36)25(19-6-5-7-19)23-13-24(32-37-23)29(2,3)4/h8-11,13,16,19,21-22,25,34H,5-7,12,14-15H2,1-4H3,(H,30,35). The Morgan fingerprint density at radius 1 is 1.24 bits per heavy atom. The molecule has 2 fully saturated rings. The Labute approximate surface area is 227 Å². The van der Waals surface area contributed by atoms with E-state index in [-0.39, 0.29) is 36.1 Å². The van der Waals surface area contributed by atoms with Crippen molar-refractivity contribution in [3.8, 4) is 10.4 Å². The number of nitrogens with zero attached hydrogens (tertiary/aromatic N) is 3. The third-order valence-electron chi connectivity index (χ3n) is 7.78. The van der Waals surface area contributed by atoms with E-state index in [1.165, 1.54) is 0 Å². The van der Waals surface area contributed by atoms with Crippen LogP contribution >= 0.6 is 11.3 Å². The van der Waals surface area contributed by atoms with Crippen molar-refractivity contribution in [2.75, 3.05) is 6.54 Å². The number of aromatic nitrogens is 2. The number of hydrogen-bond donors (Lipinski definition) is 2. The van der Waals surface area contributed by atoms with E-state index >= 15 is 0 Å². The summed E-state index contributed by atoms with van der Waals surface area (Å²) >= 11 is 1.60. The molecule has 0 spiro atoms. The van der Waals surface area contributed by atoms with Crippen LogP contribution in [-0.4, -0.2) is 50.7 Å². The maximum absolute atomic E-state index is 13.9. The van der Waals surface area contributed by atoms with E-state index in [0.29, 0.717) is 12.3 Å². The van der Waals surface area contributed by atoms with Gasteiger partial charge in [-0.1, -0.05) is 56.6 Å². The van der Waals surface area contributed by atoms with E-state index in [0.717, 1.165) is 46.7 Å². The van der Waals surface area contributed by atoms with Crippen molar-refractivity contribution < 1.29 is 19.2 Å². The molecule has 1 saturated heterocycles. The van der Waals surface area contributed by atoms with E-state index in [2.05, 4.69) is 36.2 Å². The summed E-state index contributed by atoms with van der Waals surface area (Å²) in [6.45, 7) is 8.65. The summed E-state index contributed by atoms with van der Waals surface area (Å²) in [6, 6.07) is 9.21. The van der Waals surface area contributed by atoms with Gasteiger partial charge in [-0.3, -0.25) is 9.59 Å². The highest BCUT2D eigenvalue weighted by Gasteiger charge is 2.46. The van der Waals surface area contributed by atoms with Gasteiger partial charge in [0.05, 0.1) is 27.9 Å². The molecule has 9 heteroatoms. The quantitative estimate of drug-likeness (QED) is 0.458. The van der Waals surface area contributed by atoms with Crippen molar-refractivity contribution >= 4 is 23.2 Å². The van der Waals surface area contributed by atoms with Gasteiger partial charge in [0.15, 0.2) is 0 Å². The molecule has 0 radical (unpaired) electrons. The Morgan fingerprint density at radius 2 is 1.97 bits per heavy atom. The second-order valence-electron chi connectivity index (χ2n) is 11.6. The van der Waals surface area contributed by atoms with Crippen LogP contribution in [0.2, 0.25) is 0 Å². The highest BCUT2D eigenvalue weighted by atomic mass is 32.1. The molecule has 2 amide bonds. The monoisotopic (exact) mass is 536 g/mol. The Balaban J connectivity index is 1.28. The van der Waals surface area contributed by atoms with Crippen LogP contribution in [-0.2, 0) is 21.5 Å².